The number of hydrogen-bond acceptors (Lipinski definition) is 6. The van der Waals surface area contributed by atoms with E-state index in [1.54, 1.807) is 0 Å². The van der Waals surface area contributed by atoms with Crippen molar-refractivity contribution in [1.29, 1.82) is 0 Å². The number of alkyl halides is 2. The molecule has 13 heteroatoms. The maximum absolute atomic E-state index is 15.3. The smallest absolute Gasteiger partial charge is 0.249 e. The van der Waals surface area contributed by atoms with E-state index in [-0.39, 0.29) is 23.0 Å². The number of H-pyrrole nitrogens is 1. The first-order chi connectivity index (χ1) is 16.6. The predicted molar refractivity (Wildman–Crippen MR) is 120 cm³/mol. The molecule has 0 radical (unpaired) electrons. The van der Waals surface area contributed by atoms with E-state index in [9.17, 15) is 26.4 Å². The summed E-state index contributed by atoms with van der Waals surface area (Å²) >= 11 is 0. The summed E-state index contributed by atoms with van der Waals surface area (Å²) in [6, 6.07) is 1.56. The number of halogens is 4. The average molecular weight is 512 g/mol. The average Bonchev–Trinajstić information content (AvgIpc) is 3.40. The number of anilines is 2. The Balaban J connectivity index is 1.48. The molecular formula is C22H21F4N5O3S. The van der Waals surface area contributed by atoms with Gasteiger partial charge in [0.25, 0.3) is 0 Å². The van der Waals surface area contributed by atoms with E-state index in [1.807, 2.05) is 4.72 Å². The number of carbonyl (C=O) groups excluding carboxylic acids is 1. The van der Waals surface area contributed by atoms with Gasteiger partial charge in [-0.25, -0.2) is 35.9 Å². The number of fused-ring (bicyclic) bond motifs is 1. The fourth-order valence-corrected chi connectivity index (χ4v) is 5.75. The van der Waals surface area contributed by atoms with Crippen LogP contribution in [0.25, 0.3) is 11.0 Å². The van der Waals surface area contributed by atoms with Gasteiger partial charge in [0.1, 0.15) is 23.6 Å². The van der Waals surface area contributed by atoms with Gasteiger partial charge in [-0.1, -0.05) is 0 Å². The fourth-order valence-electron chi connectivity index (χ4n) is 4.22. The first-order valence-corrected chi connectivity index (χ1v) is 12.6. The van der Waals surface area contributed by atoms with Crippen LogP contribution in [-0.4, -0.2) is 46.9 Å². The number of sulfonamides is 1. The van der Waals surface area contributed by atoms with Crippen molar-refractivity contribution in [1.82, 2.24) is 15.0 Å². The van der Waals surface area contributed by atoms with Crippen LogP contribution >= 0.6 is 0 Å². The first kappa shape index (κ1) is 23.5. The Kier molecular flexibility index (Phi) is 5.69. The minimum absolute atomic E-state index is 0.105. The maximum Gasteiger partial charge on any atom is 0.249 e. The quantitative estimate of drug-likeness (QED) is 0.308. The lowest BCUT2D eigenvalue weighted by Gasteiger charge is -2.16. The molecule has 186 valence electrons. The minimum atomic E-state index is -4.41. The van der Waals surface area contributed by atoms with E-state index >= 15 is 4.39 Å². The van der Waals surface area contributed by atoms with Crippen LogP contribution in [0.3, 0.4) is 0 Å². The third kappa shape index (κ3) is 4.56. The number of carbonyl (C=O) groups is 1. The molecule has 0 bridgehead atoms. The molecule has 3 N–H and O–H groups in total. The second-order valence-electron chi connectivity index (χ2n) is 8.95. The van der Waals surface area contributed by atoms with Gasteiger partial charge in [0.05, 0.1) is 27.5 Å². The molecule has 1 aromatic carbocycles. The van der Waals surface area contributed by atoms with Gasteiger partial charge in [-0.05, 0) is 37.3 Å². The summed E-state index contributed by atoms with van der Waals surface area (Å²) in [7, 11) is -4.41. The highest BCUT2D eigenvalue weighted by Crippen LogP contribution is 2.39. The molecule has 0 aliphatic heterocycles. The van der Waals surface area contributed by atoms with Crippen LogP contribution < -0.4 is 10.0 Å². The van der Waals surface area contributed by atoms with Gasteiger partial charge in [0.2, 0.25) is 21.7 Å². The van der Waals surface area contributed by atoms with Gasteiger partial charge in [0, 0.05) is 25.6 Å². The number of aromatic nitrogens is 3. The molecule has 2 aromatic heterocycles. The molecule has 3 aromatic rings. The number of nitrogens with zero attached hydrogens (tertiary/aromatic N) is 2. The van der Waals surface area contributed by atoms with Crippen molar-refractivity contribution in [2.45, 2.75) is 43.3 Å². The molecule has 0 saturated heterocycles. The SMILES string of the molecule is O=C(c1c(F)ccc(NS(=O)(=O)C2CCC(F)(F)C2)c1F)c1c[nH]c2ncnc(NCC3CC3)c12. The van der Waals surface area contributed by atoms with Crippen molar-refractivity contribution in [3.8, 4) is 0 Å². The van der Waals surface area contributed by atoms with Gasteiger partial charge in [-0.3, -0.25) is 9.52 Å². The second kappa shape index (κ2) is 8.47. The van der Waals surface area contributed by atoms with E-state index in [1.165, 1.54) is 12.5 Å². The Morgan fingerprint density at radius 1 is 1.17 bits per heavy atom. The molecule has 0 amide bonds. The second-order valence-corrected chi connectivity index (χ2v) is 10.9. The Hall–Kier alpha value is -3.22. The van der Waals surface area contributed by atoms with Gasteiger partial charge < -0.3 is 10.3 Å². The summed E-state index contributed by atoms with van der Waals surface area (Å²) in [5.41, 5.74) is -1.51. The van der Waals surface area contributed by atoms with Crippen molar-refractivity contribution >= 4 is 38.3 Å². The zero-order chi connectivity index (χ0) is 25.0. The summed E-state index contributed by atoms with van der Waals surface area (Å²) in [4.78, 5) is 24.2. The van der Waals surface area contributed by atoms with Crippen molar-refractivity contribution in [3.63, 3.8) is 0 Å². The van der Waals surface area contributed by atoms with Crippen LogP contribution in [0.15, 0.2) is 24.7 Å². The molecule has 1 atom stereocenters. The predicted octanol–water partition coefficient (Wildman–Crippen LogP) is 4.22. The monoisotopic (exact) mass is 511 g/mol. The minimum Gasteiger partial charge on any atom is -0.369 e. The van der Waals surface area contributed by atoms with Crippen molar-refractivity contribution in [2.75, 3.05) is 16.6 Å². The molecule has 5 rings (SSSR count). The Morgan fingerprint density at radius 2 is 1.94 bits per heavy atom. The topological polar surface area (TPSA) is 117 Å². The lowest BCUT2D eigenvalue weighted by atomic mass is 10.0. The highest BCUT2D eigenvalue weighted by atomic mass is 32.2. The van der Waals surface area contributed by atoms with Crippen LogP contribution in [0.1, 0.15) is 48.0 Å². The lowest BCUT2D eigenvalue weighted by Crippen LogP contribution is -2.28. The number of nitrogens with one attached hydrogen (secondary N) is 3. The van der Waals surface area contributed by atoms with Gasteiger partial charge in [0.15, 0.2) is 5.82 Å². The molecule has 2 fully saturated rings. The zero-order valence-corrected chi connectivity index (χ0v) is 19.1. The number of ketones is 1. The normalized spacial score (nSPS) is 19.7. The fraction of sp³-hybridized carbons (Fsp3) is 0.409. The third-order valence-corrected chi connectivity index (χ3v) is 8.12. The van der Waals surface area contributed by atoms with Crippen LogP contribution in [0, 0.1) is 17.6 Å². The summed E-state index contributed by atoms with van der Waals surface area (Å²) < 4.78 is 84.1. The molecular weight excluding hydrogens is 490 g/mol. The van der Waals surface area contributed by atoms with Crippen LogP contribution in [-0.2, 0) is 10.0 Å². The van der Waals surface area contributed by atoms with Crippen LogP contribution in [0.2, 0.25) is 0 Å². The van der Waals surface area contributed by atoms with Gasteiger partial charge >= 0.3 is 0 Å². The van der Waals surface area contributed by atoms with Crippen LogP contribution in [0.4, 0.5) is 29.1 Å². The van der Waals surface area contributed by atoms with Crippen molar-refractivity contribution in [3.05, 3.63) is 47.4 Å². The Bertz CT molecular complexity index is 1420. The van der Waals surface area contributed by atoms with Crippen LogP contribution in [0.5, 0.6) is 0 Å². The zero-order valence-electron chi connectivity index (χ0n) is 18.2. The molecule has 0 spiro atoms. The van der Waals surface area contributed by atoms with E-state index in [0.29, 0.717) is 18.3 Å². The molecule has 35 heavy (non-hydrogen) atoms. The molecule has 2 heterocycles. The Morgan fingerprint density at radius 3 is 2.63 bits per heavy atom. The molecule has 8 nitrogen and oxygen atoms in total. The number of hydrogen-bond donors (Lipinski definition) is 3. The summed E-state index contributed by atoms with van der Waals surface area (Å²) in [5, 5.41) is 1.94. The van der Waals surface area contributed by atoms with E-state index in [4.69, 9.17) is 0 Å². The van der Waals surface area contributed by atoms with Crippen molar-refractivity contribution < 1.29 is 30.8 Å². The summed E-state index contributed by atoms with van der Waals surface area (Å²) in [5.74, 6) is -6.03. The third-order valence-electron chi connectivity index (χ3n) is 6.34. The van der Waals surface area contributed by atoms with E-state index < -0.39 is 62.7 Å². The number of rotatable bonds is 8. The largest absolute Gasteiger partial charge is 0.369 e. The molecule has 2 aliphatic rings. The molecule has 2 aliphatic carbocycles. The first-order valence-electron chi connectivity index (χ1n) is 11.0. The van der Waals surface area contributed by atoms with E-state index in [0.717, 1.165) is 25.0 Å². The van der Waals surface area contributed by atoms with Gasteiger partial charge in [-0.15, -0.1) is 0 Å². The summed E-state index contributed by atoms with van der Waals surface area (Å²) in [6.45, 7) is 0.616. The molecule has 2 saturated carbocycles. The van der Waals surface area contributed by atoms with Gasteiger partial charge in [-0.2, -0.15) is 0 Å². The highest BCUT2D eigenvalue weighted by Gasteiger charge is 2.45. The summed E-state index contributed by atoms with van der Waals surface area (Å²) in [6.07, 6.45) is 2.86. The molecule has 1 unspecified atom stereocenters. The Labute approximate surface area is 197 Å². The number of aromatic amines is 1. The highest BCUT2D eigenvalue weighted by molar-refractivity contribution is 7.93. The lowest BCUT2D eigenvalue weighted by molar-refractivity contribution is 0.00956. The number of benzene rings is 1. The van der Waals surface area contributed by atoms with Crippen molar-refractivity contribution in [2.24, 2.45) is 5.92 Å². The van der Waals surface area contributed by atoms with E-state index in [2.05, 4.69) is 20.3 Å². The standard InChI is InChI=1S/C22H21F4N5O3S/c23-14-3-4-15(31-35(33,34)12-5-6-22(25,26)7-12)18(24)17(14)19(32)13-9-28-21-16(13)20(29-10-30-21)27-8-11-1-2-11/h3-4,9-12,31H,1-2,5-8H2,(H2,27,28,29,30). The maximum atomic E-state index is 15.3.